The van der Waals surface area contributed by atoms with Crippen molar-refractivity contribution >= 4 is 50.2 Å². The van der Waals surface area contributed by atoms with E-state index in [2.05, 4.69) is 34.3 Å². The van der Waals surface area contributed by atoms with Crippen LogP contribution in [0.5, 0.6) is 0 Å². The van der Waals surface area contributed by atoms with Crippen LogP contribution in [-0.4, -0.2) is 15.9 Å². The molecule has 0 spiro atoms. The molecule has 0 amide bonds. The summed E-state index contributed by atoms with van der Waals surface area (Å²) in [7, 11) is 0. The quantitative estimate of drug-likeness (QED) is 0.594. The Labute approximate surface area is 104 Å². The molecule has 0 aromatic carbocycles. The molecule has 15 heavy (non-hydrogen) atoms. The Morgan fingerprint density at radius 1 is 1.73 bits per heavy atom. The number of ether oxygens (including phenoxy) is 1. The first kappa shape index (κ1) is 10.6. The molecule has 2 rings (SSSR count). The molecule has 0 unspecified atom stereocenters. The van der Waals surface area contributed by atoms with E-state index in [1.165, 1.54) is 4.68 Å². The van der Waals surface area contributed by atoms with Gasteiger partial charge < -0.3 is 4.74 Å². The van der Waals surface area contributed by atoms with Crippen LogP contribution in [0, 0.1) is 3.70 Å². The van der Waals surface area contributed by atoms with Gasteiger partial charge >= 0.3 is 6.09 Å². The third-order valence-corrected chi connectivity index (χ3v) is 3.71. The van der Waals surface area contributed by atoms with Crippen LogP contribution in [0.15, 0.2) is 23.8 Å². The molecule has 78 valence electrons. The van der Waals surface area contributed by atoms with Gasteiger partial charge in [-0.2, -0.15) is 9.78 Å². The number of aromatic nitrogens is 2. The first-order chi connectivity index (χ1) is 7.09. The fourth-order valence-corrected chi connectivity index (χ4v) is 2.76. The SMILES string of the molecule is C=C(C)OC(=O)n1nc(I)c2sccc21. The van der Waals surface area contributed by atoms with Gasteiger partial charge in [0.15, 0.2) is 0 Å². The number of fused-ring (bicyclic) bond motifs is 1. The van der Waals surface area contributed by atoms with Gasteiger partial charge in [-0.25, -0.2) is 4.79 Å². The number of carbonyl (C=O) groups is 1. The average Bonchev–Trinajstić information content (AvgIpc) is 2.68. The smallest absolute Gasteiger partial charge is 0.414 e. The van der Waals surface area contributed by atoms with Crippen LogP contribution >= 0.6 is 33.9 Å². The highest BCUT2D eigenvalue weighted by Gasteiger charge is 2.16. The number of allylic oxidation sites excluding steroid dienone is 1. The maximum atomic E-state index is 11.6. The summed E-state index contributed by atoms with van der Waals surface area (Å²) in [6.45, 7) is 5.13. The molecule has 0 aliphatic carbocycles. The molecule has 0 fully saturated rings. The Morgan fingerprint density at radius 3 is 3.13 bits per heavy atom. The fraction of sp³-hybridized carbons (Fsp3) is 0.111. The Morgan fingerprint density at radius 2 is 2.47 bits per heavy atom. The van der Waals surface area contributed by atoms with E-state index in [0.717, 1.165) is 13.9 Å². The Hall–Kier alpha value is -0.890. The van der Waals surface area contributed by atoms with Crippen molar-refractivity contribution in [2.24, 2.45) is 0 Å². The first-order valence-corrected chi connectivity index (χ1v) is 6.05. The molecule has 0 aliphatic rings. The van der Waals surface area contributed by atoms with Crippen LogP contribution in [0.4, 0.5) is 4.79 Å². The van der Waals surface area contributed by atoms with E-state index in [1.807, 2.05) is 11.4 Å². The standard InChI is InChI=1S/C9H7IN2O2S/c1-5(2)14-9(13)12-6-3-4-15-7(6)8(10)11-12/h3-4H,1H2,2H3. The highest BCUT2D eigenvalue weighted by Crippen LogP contribution is 2.25. The van der Waals surface area contributed by atoms with E-state index in [1.54, 1.807) is 18.3 Å². The number of nitrogens with zero attached hydrogens (tertiary/aromatic N) is 2. The van der Waals surface area contributed by atoms with Gasteiger partial charge in [0, 0.05) is 0 Å². The van der Waals surface area contributed by atoms with Crippen LogP contribution < -0.4 is 0 Å². The minimum atomic E-state index is -0.520. The minimum absolute atomic E-state index is 0.355. The van der Waals surface area contributed by atoms with Crippen LogP contribution in [0.3, 0.4) is 0 Å². The van der Waals surface area contributed by atoms with Gasteiger partial charge in [0.1, 0.15) is 3.70 Å². The molecule has 0 radical (unpaired) electrons. The normalized spacial score (nSPS) is 10.5. The molecule has 2 aromatic heterocycles. The van der Waals surface area contributed by atoms with E-state index in [-0.39, 0.29) is 0 Å². The van der Waals surface area contributed by atoms with E-state index in [4.69, 9.17) is 4.74 Å². The summed E-state index contributed by atoms with van der Waals surface area (Å²) in [6, 6.07) is 1.84. The molecule has 0 saturated carbocycles. The summed E-state index contributed by atoms with van der Waals surface area (Å²) < 4.78 is 7.94. The van der Waals surface area contributed by atoms with Crippen molar-refractivity contribution in [1.82, 2.24) is 9.78 Å². The van der Waals surface area contributed by atoms with E-state index < -0.39 is 6.09 Å². The number of hydrogen-bond acceptors (Lipinski definition) is 4. The van der Waals surface area contributed by atoms with Crippen LogP contribution in [0.1, 0.15) is 6.92 Å². The lowest BCUT2D eigenvalue weighted by molar-refractivity contribution is 0.176. The van der Waals surface area contributed by atoms with E-state index >= 15 is 0 Å². The lowest BCUT2D eigenvalue weighted by atomic mass is 10.5. The van der Waals surface area contributed by atoms with E-state index in [0.29, 0.717) is 5.76 Å². The van der Waals surface area contributed by atoms with Gasteiger partial charge in [-0.05, 0) is 41.0 Å². The zero-order chi connectivity index (χ0) is 11.0. The van der Waals surface area contributed by atoms with Gasteiger partial charge in [0.25, 0.3) is 0 Å². The zero-order valence-electron chi connectivity index (χ0n) is 7.86. The second-order valence-electron chi connectivity index (χ2n) is 2.91. The number of halogens is 1. The summed E-state index contributed by atoms with van der Waals surface area (Å²) in [5, 5.41) is 6.02. The second kappa shape index (κ2) is 3.93. The monoisotopic (exact) mass is 334 g/mol. The molecule has 2 heterocycles. The van der Waals surface area contributed by atoms with Crippen molar-refractivity contribution in [2.45, 2.75) is 6.92 Å². The van der Waals surface area contributed by atoms with Gasteiger partial charge in [0.2, 0.25) is 0 Å². The third kappa shape index (κ3) is 1.91. The van der Waals surface area contributed by atoms with Crippen LogP contribution in [0.25, 0.3) is 10.2 Å². The van der Waals surface area contributed by atoms with Crippen molar-refractivity contribution in [3.8, 4) is 0 Å². The molecular weight excluding hydrogens is 327 g/mol. The Bertz CT molecular complexity index is 543. The molecule has 2 aromatic rings. The molecule has 0 atom stereocenters. The second-order valence-corrected chi connectivity index (χ2v) is 4.85. The van der Waals surface area contributed by atoms with Gasteiger partial charge in [-0.3, -0.25) is 0 Å². The average molecular weight is 334 g/mol. The lowest BCUT2D eigenvalue weighted by Gasteiger charge is -2.01. The first-order valence-electron chi connectivity index (χ1n) is 4.09. The van der Waals surface area contributed by atoms with Gasteiger partial charge in [-0.1, -0.05) is 6.58 Å². The number of carbonyl (C=O) groups excluding carboxylic acids is 1. The summed E-state index contributed by atoms with van der Waals surface area (Å²) in [4.78, 5) is 11.6. The Kier molecular flexibility index (Phi) is 2.79. The topological polar surface area (TPSA) is 44.1 Å². The Balaban J connectivity index is 2.47. The molecule has 4 nitrogen and oxygen atoms in total. The van der Waals surface area contributed by atoms with Crippen LogP contribution in [-0.2, 0) is 4.74 Å². The van der Waals surface area contributed by atoms with E-state index in [9.17, 15) is 4.79 Å². The number of rotatable bonds is 1. The van der Waals surface area contributed by atoms with Crippen molar-refractivity contribution in [2.75, 3.05) is 0 Å². The molecular formula is C9H7IN2O2S. The molecule has 0 saturated heterocycles. The summed E-state index contributed by atoms with van der Waals surface area (Å²) in [5.74, 6) is 0.355. The highest BCUT2D eigenvalue weighted by atomic mass is 127. The predicted molar refractivity (Wildman–Crippen MR) is 67.0 cm³/mol. The minimum Gasteiger partial charge on any atom is -0.414 e. The zero-order valence-corrected chi connectivity index (χ0v) is 10.8. The van der Waals surface area contributed by atoms with Crippen molar-refractivity contribution in [1.29, 1.82) is 0 Å². The lowest BCUT2D eigenvalue weighted by Crippen LogP contribution is -2.13. The van der Waals surface area contributed by atoms with Crippen molar-refractivity contribution in [3.05, 3.63) is 27.5 Å². The van der Waals surface area contributed by atoms with Crippen molar-refractivity contribution in [3.63, 3.8) is 0 Å². The third-order valence-electron chi connectivity index (χ3n) is 1.68. The predicted octanol–water partition coefficient (Wildman–Crippen LogP) is 3.22. The van der Waals surface area contributed by atoms with Crippen LogP contribution in [0.2, 0.25) is 0 Å². The summed E-state index contributed by atoms with van der Waals surface area (Å²) in [6.07, 6.45) is -0.520. The highest BCUT2D eigenvalue weighted by molar-refractivity contribution is 14.1. The largest absolute Gasteiger partial charge is 0.440 e. The van der Waals surface area contributed by atoms with Gasteiger partial charge in [-0.15, -0.1) is 11.3 Å². The summed E-state index contributed by atoms with van der Waals surface area (Å²) >= 11 is 3.64. The number of thiophene rings is 1. The molecule has 0 bridgehead atoms. The van der Waals surface area contributed by atoms with Gasteiger partial charge in [0.05, 0.1) is 16.0 Å². The maximum absolute atomic E-state index is 11.6. The molecule has 6 heteroatoms. The van der Waals surface area contributed by atoms with Crippen molar-refractivity contribution < 1.29 is 9.53 Å². The fourth-order valence-electron chi connectivity index (χ4n) is 1.14. The summed E-state index contributed by atoms with van der Waals surface area (Å²) in [5.41, 5.74) is 0.774. The maximum Gasteiger partial charge on any atom is 0.440 e. The molecule has 0 aliphatic heterocycles. The molecule has 0 N–H and O–H groups in total. The number of hydrogen-bond donors (Lipinski definition) is 0.